The minimum atomic E-state index is -3.95. The number of hydrogen-bond donors (Lipinski definition) is 2. The molecule has 0 bridgehead atoms. The lowest BCUT2D eigenvalue weighted by molar-refractivity contribution is 0.0199. The number of aromatic amines is 1. The predicted octanol–water partition coefficient (Wildman–Crippen LogP) is -0.0651. The van der Waals surface area contributed by atoms with Gasteiger partial charge in [-0.25, -0.2) is 21.9 Å². The number of H-pyrrole nitrogens is 1. The monoisotopic (exact) mass is 282 g/mol. The third-order valence-corrected chi connectivity index (χ3v) is 3.34. The average molecular weight is 282 g/mol. The van der Waals surface area contributed by atoms with Crippen LogP contribution in [-0.2, 0) is 14.8 Å². The van der Waals surface area contributed by atoms with Crippen molar-refractivity contribution in [3.63, 3.8) is 0 Å². The summed E-state index contributed by atoms with van der Waals surface area (Å²) in [6, 6.07) is 1.07. The second-order valence-electron chi connectivity index (χ2n) is 3.24. The minimum Gasteiger partial charge on any atom is -0.374 e. The number of aromatic nitrogens is 1. The number of hydrogen-bond acceptors (Lipinski definition) is 4. The van der Waals surface area contributed by atoms with E-state index >= 15 is 0 Å². The Bertz CT molecular complexity index is 529. The van der Waals surface area contributed by atoms with E-state index in [9.17, 15) is 22.0 Å². The van der Waals surface area contributed by atoms with Gasteiger partial charge in [0.15, 0.2) is 0 Å². The molecule has 18 heavy (non-hydrogen) atoms. The summed E-state index contributed by atoms with van der Waals surface area (Å²) in [7, 11) is -3.95. The fraction of sp³-hybridized carbons (Fsp3) is 0.444. The Labute approximate surface area is 102 Å². The summed E-state index contributed by atoms with van der Waals surface area (Å²) in [5, 5.41) is 0. The Morgan fingerprint density at radius 3 is 2.78 bits per heavy atom. The van der Waals surface area contributed by atoms with Crippen LogP contribution in [0.5, 0.6) is 0 Å². The van der Waals surface area contributed by atoms with Gasteiger partial charge in [0.25, 0.3) is 6.43 Å². The number of alkyl halides is 2. The first kappa shape index (κ1) is 14.7. The van der Waals surface area contributed by atoms with E-state index in [0.717, 1.165) is 12.3 Å². The van der Waals surface area contributed by atoms with Crippen LogP contribution in [0.3, 0.4) is 0 Å². The first-order chi connectivity index (χ1) is 8.43. The molecule has 0 aliphatic carbocycles. The minimum absolute atomic E-state index is 0.191. The molecule has 0 aromatic carbocycles. The standard InChI is InChI=1S/C9H12F2N2O4S/c10-9(11)6-17-4-3-13-18(15,16)8-5-12-2-1-7(8)14/h1-2,5,9,13H,3-4,6H2,(H,12,14). The topological polar surface area (TPSA) is 88.3 Å². The number of nitrogens with one attached hydrogen (secondary N) is 2. The van der Waals surface area contributed by atoms with Gasteiger partial charge in [0.05, 0.1) is 6.61 Å². The van der Waals surface area contributed by atoms with Crippen LogP contribution in [0.2, 0.25) is 0 Å². The third-order valence-electron chi connectivity index (χ3n) is 1.86. The van der Waals surface area contributed by atoms with Gasteiger partial charge in [-0.3, -0.25) is 4.79 Å². The molecule has 1 aromatic rings. The van der Waals surface area contributed by atoms with E-state index in [-0.39, 0.29) is 13.2 Å². The van der Waals surface area contributed by atoms with Gasteiger partial charge in [0, 0.05) is 25.0 Å². The van der Waals surface area contributed by atoms with Gasteiger partial charge in [-0.15, -0.1) is 0 Å². The lowest BCUT2D eigenvalue weighted by Gasteiger charge is -2.06. The molecule has 0 saturated carbocycles. The summed E-state index contributed by atoms with van der Waals surface area (Å²) in [4.78, 5) is 13.3. The smallest absolute Gasteiger partial charge is 0.261 e. The van der Waals surface area contributed by atoms with E-state index in [0.29, 0.717) is 0 Å². The summed E-state index contributed by atoms with van der Waals surface area (Å²) < 4.78 is 53.2. The van der Waals surface area contributed by atoms with Crippen LogP contribution in [0.1, 0.15) is 0 Å². The first-order valence-corrected chi connectivity index (χ1v) is 6.44. The van der Waals surface area contributed by atoms with Gasteiger partial charge in [0.1, 0.15) is 11.5 Å². The summed E-state index contributed by atoms with van der Waals surface area (Å²) in [6.07, 6.45) is -0.254. The average Bonchev–Trinajstić information content (AvgIpc) is 2.28. The van der Waals surface area contributed by atoms with E-state index in [1.54, 1.807) is 0 Å². The second-order valence-corrected chi connectivity index (χ2v) is 4.97. The zero-order valence-electron chi connectivity index (χ0n) is 9.23. The van der Waals surface area contributed by atoms with Gasteiger partial charge in [-0.1, -0.05) is 0 Å². The Kier molecular flexibility index (Phi) is 5.38. The summed E-state index contributed by atoms with van der Waals surface area (Å²) in [5.74, 6) is 0. The number of pyridine rings is 1. The van der Waals surface area contributed by atoms with Crippen molar-refractivity contribution in [2.24, 2.45) is 0 Å². The molecular formula is C9H12F2N2O4S. The van der Waals surface area contributed by atoms with Crippen LogP contribution in [0.15, 0.2) is 28.2 Å². The second kappa shape index (κ2) is 6.57. The molecule has 6 nitrogen and oxygen atoms in total. The van der Waals surface area contributed by atoms with E-state index in [2.05, 4.69) is 14.4 Å². The van der Waals surface area contributed by atoms with Gasteiger partial charge in [0.2, 0.25) is 15.5 Å². The summed E-state index contributed by atoms with van der Waals surface area (Å²) in [6.45, 7) is -1.15. The lowest BCUT2D eigenvalue weighted by Crippen LogP contribution is -2.31. The molecule has 2 N–H and O–H groups in total. The Morgan fingerprint density at radius 2 is 2.17 bits per heavy atom. The normalized spacial score (nSPS) is 11.9. The lowest BCUT2D eigenvalue weighted by atomic mass is 10.5. The molecule has 0 aliphatic rings. The molecule has 0 amide bonds. The third kappa shape index (κ3) is 4.51. The van der Waals surface area contributed by atoms with Crippen LogP contribution in [-0.4, -0.2) is 39.6 Å². The van der Waals surface area contributed by atoms with Gasteiger partial charge in [-0.05, 0) is 0 Å². The quantitative estimate of drug-likeness (QED) is 0.685. The van der Waals surface area contributed by atoms with E-state index in [4.69, 9.17) is 0 Å². The molecule has 0 aliphatic heterocycles. The molecule has 0 unspecified atom stereocenters. The van der Waals surface area contributed by atoms with Gasteiger partial charge in [-0.2, -0.15) is 0 Å². The van der Waals surface area contributed by atoms with Crippen molar-refractivity contribution in [2.45, 2.75) is 11.3 Å². The van der Waals surface area contributed by atoms with Crippen molar-refractivity contribution >= 4 is 10.0 Å². The number of rotatable bonds is 7. The maximum absolute atomic E-state index is 11.7. The number of halogens is 2. The fourth-order valence-electron chi connectivity index (χ4n) is 1.11. The Hall–Kier alpha value is -1.32. The van der Waals surface area contributed by atoms with Crippen LogP contribution < -0.4 is 10.2 Å². The van der Waals surface area contributed by atoms with Crippen molar-refractivity contribution < 1.29 is 21.9 Å². The fourth-order valence-corrected chi connectivity index (χ4v) is 2.17. The Balaban J connectivity index is 2.51. The summed E-state index contributed by atoms with van der Waals surface area (Å²) >= 11 is 0. The molecular weight excluding hydrogens is 270 g/mol. The highest BCUT2D eigenvalue weighted by atomic mass is 32.2. The first-order valence-electron chi connectivity index (χ1n) is 4.96. The van der Waals surface area contributed by atoms with Crippen LogP contribution in [0, 0.1) is 0 Å². The molecule has 1 rings (SSSR count). The highest BCUT2D eigenvalue weighted by Crippen LogP contribution is 1.99. The summed E-state index contributed by atoms with van der Waals surface area (Å²) in [5.41, 5.74) is -0.658. The van der Waals surface area contributed by atoms with Crippen molar-refractivity contribution in [3.8, 4) is 0 Å². The molecule has 0 saturated heterocycles. The molecule has 0 atom stereocenters. The van der Waals surface area contributed by atoms with Crippen LogP contribution in [0.4, 0.5) is 8.78 Å². The number of sulfonamides is 1. The molecule has 0 radical (unpaired) electrons. The zero-order chi connectivity index (χ0) is 13.6. The maximum Gasteiger partial charge on any atom is 0.261 e. The van der Waals surface area contributed by atoms with Crippen molar-refractivity contribution in [1.29, 1.82) is 0 Å². The molecule has 1 aromatic heterocycles. The van der Waals surface area contributed by atoms with Crippen LogP contribution in [0.25, 0.3) is 0 Å². The molecule has 102 valence electrons. The molecule has 1 heterocycles. The predicted molar refractivity (Wildman–Crippen MR) is 59.1 cm³/mol. The van der Waals surface area contributed by atoms with E-state index in [1.807, 2.05) is 0 Å². The van der Waals surface area contributed by atoms with Gasteiger partial charge < -0.3 is 9.72 Å². The van der Waals surface area contributed by atoms with Gasteiger partial charge >= 0.3 is 0 Å². The maximum atomic E-state index is 11.7. The SMILES string of the molecule is O=c1cc[nH]cc1S(=O)(=O)NCCOCC(F)F. The zero-order valence-corrected chi connectivity index (χ0v) is 10.0. The molecule has 0 fully saturated rings. The van der Waals surface area contributed by atoms with Crippen molar-refractivity contribution in [1.82, 2.24) is 9.71 Å². The van der Waals surface area contributed by atoms with E-state index < -0.39 is 33.4 Å². The van der Waals surface area contributed by atoms with E-state index in [1.165, 1.54) is 6.20 Å². The largest absolute Gasteiger partial charge is 0.374 e. The highest BCUT2D eigenvalue weighted by molar-refractivity contribution is 7.89. The number of ether oxygens (including phenoxy) is 1. The molecule has 0 spiro atoms. The highest BCUT2D eigenvalue weighted by Gasteiger charge is 2.16. The van der Waals surface area contributed by atoms with Crippen molar-refractivity contribution in [3.05, 3.63) is 28.7 Å². The Morgan fingerprint density at radius 1 is 1.44 bits per heavy atom. The van der Waals surface area contributed by atoms with Crippen LogP contribution >= 0.6 is 0 Å². The van der Waals surface area contributed by atoms with Crippen molar-refractivity contribution in [2.75, 3.05) is 19.8 Å². The molecule has 9 heteroatoms.